The Hall–Kier alpha value is -0.130. The summed E-state index contributed by atoms with van der Waals surface area (Å²) >= 11 is 0. The molecule has 33 heavy (non-hydrogen) atoms. The first kappa shape index (κ1) is 25.9. The minimum absolute atomic E-state index is 0.143. The molecule has 1 unspecified atom stereocenters. The molecule has 4 fully saturated rings. The topological polar surface area (TPSA) is 66.4 Å². The minimum atomic E-state index is -3.12. The van der Waals surface area contributed by atoms with Gasteiger partial charge in [0, 0.05) is 6.04 Å². The molecule has 4 aliphatic rings. The van der Waals surface area contributed by atoms with Crippen molar-refractivity contribution in [2.75, 3.05) is 6.26 Å². The van der Waals surface area contributed by atoms with Crippen molar-refractivity contribution in [2.45, 2.75) is 123 Å². The van der Waals surface area contributed by atoms with Crippen molar-refractivity contribution in [1.82, 2.24) is 4.72 Å². The second kappa shape index (κ2) is 9.07. The molecule has 0 aromatic heterocycles. The zero-order valence-corrected chi connectivity index (χ0v) is 23.0. The zero-order valence-electron chi connectivity index (χ0n) is 22.2. The Kier molecular flexibility index (Phi) is 7.13. The molecule has 4 nitrogen and oxygen atoms in total. The largest absolute Gasteiger partial charge is 0.390 e. The summed E-state index contributed by atoms with van der Waals surface area (Å²) in [6.45, 7) is 11.6. The maximum Gasteiger partial charge on any atom is 0.208 e. The van der Waals surface area contributed by atoms with Crippen LogP contribution in [0.15, 0.2) is 0 Å². The Bertz CT molecular complexity index is 804. The molecule has 2 N–H and O–H groups in total. The van der Waals surface area contributed by atoms with Gasteiger partial charge in [-0.25, -0.2) is 13.1 Å². The van der Waals surface area contributed by atoms with Crippen LogP contribution < -0.4 is 4.72 Å². The average Bonchev–Trinajstić information content (AvgIpc) is 3.03. The van der Waals surface area contributed by atoms with Gasteiger partial charge in [0.1, 0.15) is 0 Å². The first-order chi connectivity index (χ1) is 15.2. The van der Waals surface area contributed by atoms with E-state index < -0.39 is 15.6 Å². The van der Waals surface area contributed by atoms with Gasteiger partial charge in [-0.1, -0.05) is 33.6 Å². The van der Waals surface area contributed by atoms with E-state index in [4.69, 9.17) is 0 Å². The van der Waals surface area contributed by atoms with Crippen LogP contribution in [0.25, 0.3) is 0 Å². The number of nitrogens with one attached hydrogen (secondary N) is 1. The van der Waals surface area contributed by atoms with Gasteiger partial charge < -0.3 is 5.11 Å². The molecular formula is C28H51NO3S. The molecule has 0 bridgehead atoms. The predicted octanol–water partition coefficient (Wildman–Crippen LogP) is 6.14. The summed E-state index contributed by atoms with van der Waals surface area (Å²) in [5, 5.41) is 10.1. The number of sulfonamides is 1. The minimum Gasteiger partial charge on any atom is -0.390 e. The van der Waals surface area contributed by atoms with Gasteiger partial charge in [0.15, 0.2) is 0 Å². The fourth-order valence-corrected chi connectivity index (χ4v) is 10.5. The van der Waals surface area contributed by atoms with E-state index in [1.54, 1.807) is 0 Å². The summed E-state index contributed by atoms with van der Waals surface area (Å²) in [5.41, 5.74) is 0.355. The summed E-state index contributed by atoms with van der Waals surface area (Å²) in [7, 11) is -3.12. The Morgan fingerprint density at radius 1 is 1.00 bits per heavy atom. The van der Waals surface area contributed by atoms with Crippen LogP contribution in [-0.2, 0) is 10.0 Å². The molecule has 9 atom stereocenters. The van der Waals surface area contributed by atoms with Crippen molar-refractivity contribution < 1.29 is 13.5 Å². The molecular weight excluding hydrogens is 430 g/mol. The standard InChI is InChI=1S/C28H51NO3S/c1-19(8-7-15-26(2,3)30)23-11-12-24-22-10-9-20-18-21(29-33(6,31)32)13-16-27(20,4)25(22)14-17-28(23,24)5/h19-25,29-30H,7-18H2,1-6H3/t19-,20+,21?,22+,23-,24+,25+,27+,28-/m1/s1. The lowest BCUT2D eigenvalue weighted by atomic mass is 9.44. The second-order valence-corrected chi connectivity index (χ2v) is 15.7. The summed E-state index contributed by atoms with van der Waals surface area (Å²) in [4.78, 5) is 0. The van der Waals surface area contributed by atoms with Gasteiger partial charge in [0.05, 0.1) is 11.9 Å². The highest BCUT2D eigenvalue weighted by Gasteiger charge is 2.60. The van der Waals surface area contributed by atoms with Crippen molar-refractivity contribution >= 4 is 10.0 Å². The van der Waals surface area contributed by atoms with E-state index in [1.807, 2.05) is 13.8 Å². The van der Waals surface area contributed by atoms with Gasteiger partial charge in [-0.15, -0.1) is 0 Å². The Labute approximate surface area is 204 Å². The van der Waals surface area contributed by atoms with Gasteiger partial charge in [0.25, 0.3) is 0 Å². The van der Waals surface area contributed by atoms with Crippen LogP contribution in [0.5, 0.6) is 0 Å². The molecule has 192 valence electrons. The summed E-state index contributed by atoms with van der Waals surface area (Å²) in [6.07, 6.45) is 16.0. The average molecular weight is 482 g/mol. The molecule has 4 aliphatic carbocycles. The summed E-state index contributed by atoms with van der Waals surface area (Å²) in [5.74, 6) is 4.85. The lowest BCUT2D eigenvalue weighted by Crippen LogP contribution is -2.55. The summed E-state index contributed by atoms with van der Waals surface area (Å²) in [6, 6.07) is 0.143. The fraction of sp³-hybridized carbons (Fsp3) is 1.00. The maximum absolute atomic E-state index is 11.8. The molecule has 0 radical (unpaired) electrons. The molecule has 0 heterocycles. The lowest BCUT2D eigenvalue weighted by Gasteiger charge is -2.61. The van der Waals surface area contributed by atoms with Crippen LogP contribution in [0.4, 0.5) is 0 Å². The SMILES string of the molecule is C[C@H](CCCC(C)(C)O)[C@H]1CC[C@H]2[C@@H]3CC[C@H]4CC(NS(C)(=O)=O)CC[C@]4(C)[C@H]3CC[C@]12C. The lowest BCUT2D eigenvalue weighted by molar-refractivity contribution is -0.117. The number of hydrogen-bond acceptors (Lipinski definition) is 3. The molecule has 5 heteroatoms. The van der Waals surface area contributed by atoms with Crippen LogP contribution >= 0.6 is 0 Å². The van der Waals surface area contributed by atoms with E-state index in [1.165, 1.54) is 57.6 Å². The van der Waals surface area contributed by atoms with E-state index >= 15 is 0 Å². The third kappa shape index (κ3) is 5.21. The number of fused-ring (bicyclic) bond motifs is 5. The monoisotopic (exact) mass is 481 g/mol. The van der Waals surface area contributed by atoms with Gasteiger partial charge >= 0.3 is 0 Å². The Morgan fingerprint density at radius 2 is 1.67 bits per heavy atom. The van der Waals surface area contributed by atoms with E-state index in [9.17, 15) is 13.5 Å². The van der Waals surface area contributed by atoms with Crippen LogP contribution in [-0.4, -0.2) is 31.4 Å². The molecule has 0 aromatic carbocycles. The highest BCUT2D eigenvalue weighted by molar-refractivity contribution is 7.88. The Morgan fingerprint density at radius 3 is 2.33 bits per heavy atom. The highest BCUT2D eigenvalue weighted by atomic mass is 32.2. The first-order valence-corrected chi connectivity index (χ1v) is 15.8. The van der Waals surface area contributed by atoms with E-state index in [0.29, 0.717) is 16.7 Å². The predicted molar refractivity (Wildman–Crippen MR) is 136 cm³/mol. The van der Waals surface area contributed by atoms with Crippen molar-refractivity contribution in [3.63, 3.8) is 0 Å². The molecule has 0 amide bonds. The van der Waals surface area contributed by atoms with Crippen LogP contribution in [0.3, 0.4) is 0 Å². The van der Waals surface area contributed by atoms with Gasteiger partial charge in [0.2, 0.25) is 10.0 Å². The number of hydrogen-bond donors (Lipinski definition) is 2. The zero-order chi connectivity index (χ0) is 24.2. The third-order valence-electron chi connectivity index (χ3n) is 11.3. The van der Waals surface area contributed by atoms with Crippen LogP contribution in [0, 0.1) is 46.3 Å². The second-order valence-electron chi connectivity index (χ2n) is 13.9. The van der Waals surface area contributed by atoms with Crippen molar-refractivity contribution in [1.29, 1.82) is 0 Å². The molecule has 0 aliphatic heterocycles. The van der Waals surface area contributed by atoms with E-state index in [2.05, 4.69) is 25.5 Å². The van der Waals surface area contributed by atoms with Crippen LogP contribution in [0.2, 0.25) is 0 Å². The molecule has 0 aromatic rings. The number of rotatable bonds is 7. The van der Waals surface area contributed by atoms with Crippen molar-refractivity contribution in [2.24, 2.45) is 46.3 Å². The van der Waals surface area contributed by atoms with E-state index in [0.717, 1.165) is 55.3 Å². The molecule has 0 saturated heterocycles. The first-order valence-electron chi connectivity index (χ1n) is 13.9. The highest BCUT2D eigenvalue weighted by Crippen LogP contribution is 2.68. The molecule has 4 saturated carbocycles. The fourth-order valence-electron chi connectivity index (χ4n) is 9.70. The van der Waals surface area contributed by atoms with Gasteiger partial charge in [-0.3, -0.25) is 0 Å². The van der Waals surface area contributed by atoms with Gasteiger partial charge in [-0.05, 0) is 124 Å². The normalized spacial score (nSPS) is 44.6. The smallest absolute Gasteiger partial charge is 0.208 e. The van der Waals surface area contributed by atoms with Crippen molar-refractivity contribution in [3.05, 3.63) is 0 Å². The third-order valence-corrected chi connectivity index (χ3v) is 12.0. The molecule has 0 spiro atoms. The maximum atomic E-state index is 11.8. The van der Waals surface area contributed by atoms with Gasteiger partial charge in [-0.2, -0.15) is 0 Å². The summed E-state index contributed by atoms with van der Waals surface area (Å²) < 4.78 is 26.5. The van der Waals surface area contributed by atoms with E-state index in [-0.39, 0.29) is 6.04 Å². The number of aliphatic hydroxyl groups is 1. The van der Waals surface area contributed by atoms with Crippen LogP contribution in [0.1, 0.15) is 112 Å². The van der Waals surface area contributed by atoms with Crippen molar-refractivity contribution in [3.8, 4) is 0 Å². The Balaban J connectivity index is 1.42. The quantitative estimate of drug-likeness (QED) is 0.459. The molecule has 4 rings (SSSR count).